The molecule has 0 aromatic heterocycles. The highest BCUT2D eigenvalue weighted by molar-refractivity contribution is 5.72. The third-order valence-electron chi connectivity index (χ3n) is 3.29. The third kappa shape index (κ3) is 2.98. The van der Waals surface area contributed by atoms with Crippen molar-refractivity contribution in [3.8, 4) is 0 Å². The van der Waals surface area contributed by atoms with E-state index in [0.29, 0.717) is 12.0 Å². The number of rotatable bonds is 3. The molecule has 0 aromatic carbocycles. The molecule has 1 aliphatic carbocycles. The molecule has 2 N–H and O–H groups in total. The lowest BCUT2D eigenvalue weighted by atomic mass is 9.80. The monoisotopic (exact) mass is 199 g/mol. The van der Waals surface area contributed by atoms with Crippen LogP contribution in [-0.4, -0.2) is 23.2 Å². The van der Waals surface area contributed by atoms with Gasteiger partial charge in [-0.3, -0.25) is 4.79 Å². The summed E-state index contributed by atoms with van der Waals surface area (Å²) >= 11 is 0. The molecule has 3 unspecified atom stereocenters. The number of carboxylic acids is 1. The fourth-order valence-electron chi connectivity index (χ4n) is 2.16. The first-order chi connectivity index (χ1) is 6.50. The summed E-state index contributed by atoms with van der Waals surface area (Å²) in [6.45, 7) is 6.17. The average Bonchev–Trinajstić information content (AvgIpc) is 2.11. The van der Waals surface area contributed by atoms with E-state index in [1.54, 1.807) is 6.92 Å². The Hall–Kier alpha value is -0.570. The number of hydrogen-bond donors (Lipinski definition) is 2. The minimum Gasteiger partial charge on any atom is -0.480 e. The lowest BCUT2D eigenvalue weighted by Gasteiger charge is -2.34. The van der Waals surface area contributed by atoms with Gasteiger partial charge in [-0.15, -0.1) is 0 Å². The van der Waals surface area contributed by atoms with Crippen molar-refractivity contribution in [3.63, 3.8) is 0 Å². The fraction of sp³-hybridized carbons (Fsp3) is 0.909. The van der Waals surface area contributed by atoms with Crippen LogP contribution >= 0.6 is 0 Å². The van der Waals surface area contributed by atoms with Crippen molar-refractivity contribution in [1.82, 2.24) is 5.32 Å². The maximum Gasteiger partial charge on any atom is 0.320 e. The Kier molecular flexibility index (Phi) is 3.93. The highest BCUT2D eigenvalue weighted by Crippen LogP contribution is 2.28. The Balaban J connectivity index is 2.45. The Labute approximate surface area is 85.9 Å². The molecule has 0 aliphatic heterocycles. The number of aliphatic carboxylic acids is 1. The molecule has 4 atom stereocenters. The predicted molar refractivity (Wildman–Crippen MR) is 56.2 cm³/mol. The molecule has 0 aromatic rings. The van der Waals surface area contributed by atoms with Gasteiger partial charge in [0.1, 0.15) is 6.04 Å². The highest BCUT2D eigenvalue weighted by atomic mass is 16.4. The van der Waals surface area contributed by atoms with Crippen molar-refractivity contribution in [2.75, 3.05) is 0 Å². The van der Waals surface area contributed by atoms with Gasteiger partial charge in [0.05, 0.1) is 0 Å². The summed E-state index contributed by atoms with van der Waals surface area (Å²) in [7, 11) is 0. The summed E-state index contributed by atoms with van der Waals surface area (Å²) in [6.07, 6.45) is 3.60. The second-order valence-electron chi connectivity index (χ2n) is 4.73. The van der Waals surface area contributed by atoms with Crippen molar-refractivity contribution in [2.24, 2.45) is 11.8 Å². The van der Waals surface area contributed by atoms with Gasteiger partial charge in [0, 0.05) is 6.04 Å². The number of nitrogens with one attached hydrogen (secondary N) is 1. The largest absolute Gasteiger partial charge is 0.480 e. The van der Waals surface area contributed by atoms with E-state index in [2.05, 4.69) is 19.2 Å². The molecule has 0 amide bonds. The maximum absolute atomic E-state index is 10.7. The molecule has 1 saturated carbocycles. The molecule has 14 heavy (non-hydrogen) atoms. The van der Waals surface area contributed by atoms with Crippen molar-refractivity contribution in [2.45, 2.75) is 52.1 Å². The topological polar surface area (TPSA) is 49.3 Å². The molecule has 1 rings (SSSR count). The fourth-order valence-corrected chi connectivity index (χ4v) is 2.16. The molecule has 1 aliphatic rings. The van der Waals surface area contributed by atoms with Crippen LogP contribution in [0.3, 0.4) is 0 Å². The van der Waals surface area contributed by atoms with E-state index in [1.165, 1.54) is 12.8 Å². The van der Waals surface area contributed by atoms with E-state index in [-0.39, 0.29) is 0 Å². The second-order valence-corrected chi connectivity index (χ2v) is 4.73. The molecule has 3 heteroatoms. The summed E-state index contributed by atoms with van der Waals surface area (Å²) in [6, 6.07) is -0.0439. The minimum absolute atomic E-state index is 0.379. The summed E-state index contributed by atoms with van der Waals surface area (Å²) in [5, 5.41) is 12.0. The van der Waals surface area contributed by atoms with Gasteiger partial charge in [0.15, 0.2) is 0 Å². The van der Waals surface area contributed by atoms with Crippen LogP contribution in [0.25, 0.3) is 0 Å². The molecule has 0 heterocycles. The minimum atomic E-state index is -0.754. The van der Waals surface area contributed by atoms with Crippen LogP contribution in [0.2, 0.25) is 0 Å². The smallest absolute Gasteiger partial charge is 0.320 e. The van der Waals surface area contributed by atoms with Crippen LogP contribution in [0, 0.1) is 11.8 Å². The summed E-state index contributed by atoms with van der Waals surface area (Å²) in [5.41, 5.74) is 0. The molecular formula is C11H21NO2. The summed E-state index contributed by atoms with van der Waals surface area (Å²) in [5.74, 6) is 0.577. The highest BCUT2D eigenvalue weighted by Gasteiger charge is 2.27. The molecule has 0 bridgehead atoms. The zero-order valence-electron chi connectivity index (χ0n) is 9.29. The first kappa shape index (κ1) is 11.5. The quantitative estimate of drug-likeness (QED) is 0.729. The molecular weight excluding hydrogens is 178 g/mol. The van der Waals surface area contributed by atoms with Gasteiger partial charge >= 0.3 is 5.97 Å². The first-order valence-corrected chi connectivity index (χ1v) is 5.49. The van der Waals surface area contributed by atoms with Gasteiger partial charge in [-0.05, 0) is 31.6 Å². The van der Waals surface area contributed by atoms with Crippen molar-refractivity contribution >= 4 is 5.97 Å². The first-order valence-electron chi connectivity index (χ1n) is 5.49. The lowest BCUT2D eigenvalue weighted by Crippen LogP contribution is -2.46. The molecule has 0 spiro atoms. The molecule has 0 radical (unpaired) electrons. The standard InChI is InChI=1S/C11H21NO2/c1-7-4-5-8(2)10(6-7)12-9(3)11(13)14/h7-10,12H,4-6H2,1-3H3,(H,13,14)/t7?,8?,9-,10?/m0/s1. The van der Waals surface area contributed by atoms with E-state index in [4.69, 9.17) is 5.11 Å². The van der Waals surface area contributed by atoms with Gasteiger partial charge in [0.2, 0.25) is 0 Å². The van der Waals surface area contributed by atoms with E-state index in [0.717, 1.165) is 12.3 Å². The van der Waals surface area contributed by atoms with Crippen LogP contribution in [0.15, 0.2) is 0 Å². The van der Waals surface area contributed by atoms with Crippen LogP contribution in [0.4, 0.5) is 0 Å². The van der Waals surface area contributed by atoms with Crippen molar-refractivity contribution in [3.05, 3.63) is 0 Å². The molecule has 82 valence electrons. The molecule has 1 fully saturated rings. The number of carbonyl (C=O) groups is 1. The van der Waals surface area contributed by atoms with E-state index in [9.17, 15) is 4.79 Å². The van der Waals surface area contributed by atoms with Crippen molar-refractivity contribution in [1.29, 1.82) is 0 Å². The summed E-state index contributed by atoms with van der Waals surface area (Å²) in [4.78, 5) is 10.7. The van der Waals surface area contributed by atoms with Gasteiger partial charge < -0.3 is 10.4 Å². The number of hydrogen-bond acceptors (Lipinski definition) is 2. The Morgan fingerprint density at radius 2 is 2.07 bits per heavy atom. The molecule has 3 nitrogen and oxygen atoms in total. The molecule has 0 saturated heterocycles. The van der Waals surface area contributed by atoms with Gasteiger partial charge in [-0.2, -0.15) is 0 Å². The average molecular weight is 199 g/mol. The lowest BCUT2D eigenvalue weighted by molar-refractivity contribution is -0.139. The maximum atomic E-state index is 10.7. The SMILES string of the molecule is CC1CCC(C)C(N[C@@H](C)C(=O)O)C1. The van der Waals surface area contributed by atoms with E-state index < -0.39 is 12.0 Å². The Morgan fingerprint density at radius 3 is 2.64 bits per heavy atom. The Morgan fingerprint density at radius 1 is 1.43 bits per heavy atom. The van der Waals surface area contributed by atoms with Crippen LogP contribution in [-0.2, 0) is 4.79 Å². The van der Waals surface area contributed by atoms with Crippen LogP contribution < -0.4 is 5.32 Å². The van der Waals surface area contributed by atoms with E-state index >= 15 is 0 Å². The van der Waals surface area contributed by atoms with Crippen LogP contribution in [0.1, 0.15) is 40.0 Å². The zero-order valence-corrected chi connectivity index (χ0v) is 9.29. The summed E-state index contributed by atoms with van der Waals surface area (Å²) < 4.78 is 0. The normalized spacial score (nSPS) is 35.2. The van der Waals surface area contributed by atoms with Gasteiger partial charge in [0.25, 0.3) is 0 Å². The van der Waals surface area contributed by atoms with Crippen molar-refractivity contribution < 1.29 is 9.90 Å². The Bertz CT molecular complexity index is 205. The van der Waals surface area contributed by atoms with Crippen LogP contribution in [0.5, 0.6) is 0 Å². The predicted octanol–water partition coefficient (Wildman–Crippen LogP) is 1.87. The number of carboxylic acid groups (broad SMARTS) is 1. The zero-order chi connectivity index (χ0) is 10.7. The van der Waals surface area contributed by atoms with E-state index in [1.807, 2.05) is 0 Å². The van der Waals surface area contributed by atoms with Gasteiger partial charge in [-0.25, -0.2) is 0 Å². The second kappa shape index (κ2) is 4.78. The third-order valence-corrected chi connectivity index (χ3v) is 3.29. The van der Waals surface area contributed by atoms with Gasteiger partial charge in [-0.1, -0.05) is 20.3 Å².